The van der Waals surface area contributed by atoms with Gasteiger partial charge in [0.15, 0.2) is 0 Å². The van der Waals surface area contributed by atoms with Crippen molar-refractivity contribution >= 4 is 22.9 Å². The van der Waals surface area contributed by atoms with Crippen LogP contribution in [0, 0.1) is 0 Å². The van der Waals surface area contributed by atoms with E-state index >= 15 is 0 Å². The first-order chi connectivity index (χ1) is 8.61. The highest BCUT2D eigenvalue weighted by Crippen LogP contribution is 2.13. The van der Waals surface area contributed by atoms with Crippen molar-refractivity contribution in [1.29, 1.82) is 0 Å². The molecular formula is C12H10N2O4. The molecule has 2 rings (SSSR count). The molecule has 92 valence electrons. The van der Waals surface area contributed by atoms with E-state index in [4.69, 9.17) is 0 Å². The number of para-hydroxylation sites is 1. The fourth-order valence-electron chi connectivity index (χ4n) is 1.58. The number of ether oxygens (including phenoxy) is 1. The van der Waals surface area contributed by atoms with Crippen LogP contribution in [0.25, 0.3) is 17.0 Å². The number of H-pyrrole nitrogens is 2. The van der Waals surface area contributed by atoms with Crippen LogP contribution < -0.4 is 11.2 Å². The predicted octanol–water partition coefficient (Wildman–Crippen LogP) is 0.403. The Morgan fingerprint density at radius 2 is 2.06 bits per heavy atom. The van der Waals surface area contributed by atoms with Gasteiger partial charge in [0.2, 0.25) is 0 Å². The molecule has 0 bridgehead atoms. The first-order valence-electron chi connectivity index (χ1n) is 5.13. The molecule has 0 atom stereocenters. The standard InChI is InChI=1S/C12H10N2O4/c1-18-9(15)6-5-7-3-2-4-8-10(7)13-12(17)14-11(8)16/h2-6H,1H3,(H2,13,14,16,17). The lowest BCUT2D eigenvalue weighted by molar-refractivity contribution is -0.134. The number of fused-ring (bicyclic) bond motifs is 1. The van der Waals surface area contributed by atoms with Crippen molar-refractivity contribution < 1.29 is 9.53 Å². The molecule has 6 heteroatoms. The second-order valence-corrected chi connectivity index (χ2v) is 3.53. The first kappa shape index (κ1) is 11.8. The lowest BCUT2D eigenvalue weighted by atomic mass is 10.1. The van der Waals surface area contributed by atoms with Gasteiger partial charge in [0.05, 0.1) is 18.0 Å². The normalized spacial score (nSPS) is 10.9. The van der Waals surface area contributed by atoms with Crippen LogP contribution in [0.5, 0.6) is 0 Å². The third-order valence-corrected chi connectivity index (χ3v) is 2.41. The molecule has 2 aromatic rings. The SMILES string of the molecule is COC(=O)C=Cc1cccc2c(=O)[nH]c(=O)[nH]c12. The van der Waals surface area contributed by atoms with Gasteiger partial charge in [-0.1, -0.05) is 12.1 Å². The smallest absolute Gasteiger partial charge is 0.330 e. The second-order valence-electron chi connectivity index (χ2n) is 3.53. The number of methoxy groups -OCH3 is 1. The molecule has 0 fully saturated rings. The molecule has 0 saturated heterocycles. The summed E-state index contributed by atoms with van der Waals surface area (Å²) in [7, 11) is 1.27. The minimum absolute atomic E-state index is 0.349. The zero-order valence-corrected chi connectivity index (χ0v) is 9.52. The largest absolute Gasteiger partial charge is 0.466 e. The maximum atomic E-state index is 11.6. The molecule has 1 aromatic heterocycles. The van der Waals surface area contributed by atoms with E-state index < -0.39 is 17.2 Å². The molecule has 0 spiro atoms. The van der Waals surface area contributed by atoms with Crippen molar-refractivity contribution in [2.75, 3.05) is 7.11 Å². The van der Waals surface area contributed by atoms with Gasteiger partial charge in [-0.05, 0) is 17.7 Å². The van der Waals surface area contributed by atoms with Gasteiger partial charge in [0, 0.05) is 6.08 Å². The molecule has 0 aliphatic rings. The summed E-state index contributed by atoms with van der Waals surface area (Å²) in [5, 5.41) is 0.349. The van der Waals surface area contributed by atoms with E-state index in [0.29, 0.717) is 16.5 Å². The molecule has 2 N–H and O–H groups in total. The third-order valence-electron chi connectivity index (χ3n) is 2.41. The molecule has 0 aliphatic heterocycles. The van der Waals surface area contributed by atoms with Crippen LogP contribution in [0.2, 0.25) is 0 Å². The Labute approximate surface area is 101 Å². The van der Waals surface area contributed by atoms with Crippen molar-refractivity contribution in [3.05, 3.63) is 50.7 Å². The van der Waals surface area contributed by atoms with Gasteiger partial charge < -0.3 is 9.72 Å². The Morgan fingerprint density at radius 3 is 2.78 bits per heavy atom. The van der Waals surface area contributed by atoms with E-state index in [1.807, 2.05) is 0 Å². The minimum Gasteiger partial charge on any atom is -0.466 e. The summed E-state index contributed by atoms with van der Waals surface area (Å²) in [6.07, 6.45) is 2.69. The number of carbonyl (C=O) groups is 1. The second kappa shape index (κ2) is 4.70. The lowest BCUT2D eigenvalue weighted by Gasteiger charge is -2.00. The highest BCUT2D eigenvalue weighted by atomic mass is 16.5. The number of hydrogen-bond acceptors (Lipinski definition) is 4. The summed E-state index contributed by atoms with van der Waals surface area (Å²) < 4.78 is 4.47. The molecule has 0 unspecified atom stereocenters. The van der Waals surface area contributed by atoms with Crippen molar-refractivity contribution in [3.8, 4) is 0 Å². The van der Waals surface area contributed by atoms with Crippen LogP contribution in [0.3, 0.4) is 0 Å². The summed E-state index contributed by atoms with van der Waals surface area (Å²) in [5.74, 6) is -0.515. The highest BCUT2D eigenvalue weighted by molar-refractivity contribution is 5.92. The molecule has 0 radical (unpaired) electrons. The quantitative estimate of drug-likeness (QED) is 0.592. The van der Waals surface area contributed by atoms with Crippen LogP contribution in [0.1, 0.15) is 5.56 Å². The van der Waals surface area contributed by atoms with E-state index in [2.05, 4.69) is 14.7 Å². The zero-order chi connectivity index (χ0) is 13.1. The molecule has 0 saturated carbocycles. The summed E-state index contributed by atoms with van der Waals surface area (Å²) in [6.45, 7) is 0. The number of esters is 1. The van der Waals surface area contributed by atoms with Gasteiger partial charge >= 0.3 is 11.7 Å². The van der Waals surface area contributed by atoms with Gasteiger partial charge in [-0.2, -0.15) is 0 Å². The summed E-state index contributed by atoms with van der Waals surface area (Å²) in [5.41, 5.74) is -0.124. The summed E-state index contributed by atoms with van der Waals surface area (Å²) in [6, 6.07) is 4.92. The van der Waals surface area contributed by atoms with E-state index in [1.54, 1.807) is 18.2 Å². The van der Waals surface area contributed by atoms with E-state index in [9.17, 15) is 14.4 Å². The Bertz CT molecular complexity index is 740. The monoisotopic (exact) mass is 246 g/mol. The highest BCUT2D eigenvalue weighted by Gasteiger charge is 2.03. The number of aromatic amines is 2. The number of rotatable bonds is 2. The van der Waals surface area contributed by atoms with E-state index in [0.717, 1.165) is 0 Å². The fourth-order valence-corrected chi connectivity index (χ4v) is 1.58. The average molecular weight is 246 g/mol. The molecule has 6 nitrogen and oxygen atoms in total. The van der Waals surface area contributed by atoms with Crippen LogP contribution in [-0.2, 0) is 9.53 Å². The Balaban J connectivity index is 2.65. The Morgan fingerprint density at radius 1 is 1.28 bits per heavy atom. The fraction of sp³-hybridized carbons (Fsp3) is 0.0833. The first-order valence-corrected chi connectivity index (χ1v) is 5.13. The van der Waals surface area contributed by atoms with Crippen LogP contribution >= 0.6 is 0 Å². The minimum atomic E-state index is -0.591. The summed E-state index contributed by atoms with van der Waals surface area (Å²) in [4.78, 5) is 38.4. The average Bonchev–Trinajstić information content (AvgIpc) is 2.36. The van der Waals surface area contributed by atoms with Gasteiger partial charge in [-0.15, -0.1) is 0 Å². The van der Waals surface area contributed by atoms with Crippen molar-refractivity contribution in [2.24, 2.45) is 0 Å². The molecule has 0 aliphatic carbocycles. The molecule has 0 amide bonds. The number of benzene rings is 1. The molecular weight excluding hydrogens is 236 g/mol. The van der Waals surface area contributed by atoms with E-state index in [-0.39, 0.29) is 0 Å². The van der Waals surface area contributed by atoms with Crippen molar-refractivity contribution in [3.63, 3.8) is 0 Å². The maximum Gasteiger partial charge on any atom is 0.330 e. The molecule has 1 aromatic carbocycles. The summed E-state index contributed by atoms with van der Waals surface area (Å²) >= 11 is 0. The Kier molecular flexibility index (Phi) is 3.09. The number of nitrogens with one attached hydrogen (secondary N) is 2. The van der Waals surface area contributed by atoms with Gasteiger partial charge in [-0.3, -0.25) is 9.78 Å². The van der Waals surface area contributed by atoms with Crippen LogP contribution in [-0.4, -0.2) is 23.0 Å². The topological polar surface area (TPSA) is 92.0 Å². The van der Waals surface area contributed by atoms with Gasteiger partial charge in [0.25, 0.3) is 5.56 Å². The molecule has 18 heavy (non-hydrogen) atoms. The van der Waals surface area contributed by atoms with E-state index in [1.165, 1.54) is 19.3 Å². The zero-order valence-electron chi connectivity index (χ0n) is 9.52. The Hall–Kier alpha value is -2.63. The number of aromatic nitrogens is 2. The lowest BCUT2D eigenvalue weighted by Crippen LogP contribution is -2.22. The number of hydrogen-bond donors (Lipinski definition) is 2. The van der Waals surface area contributed by atoms with Gasteiger partial charge in [-0.25, -0.2) is 9.59 Å². The van der Waals surface area contributed by atoms with Crippen molar-refractivity contribution in [2.45, 2.75) is 0 Å². The maximum absolute atomic E-state index is 11.6. The van der Waals surface area contributed by atoms with Crippen LogP contribution in [0.4, 0.5) is 0 Å². The van der Waals surface area contributed by atoms with Crippen molar-refractivity contribution in [1.82, 2.24) is 9.97 Å². The third kappa shape index (κ3) is 2.22. The molecule has 1 heterocycles. The predicted molar refractivity (Wildman–Crippen MR) is 66.2 cm³/mol. The number of carbonyl (C=O) groups excluding carboxylic acids is 1. The van der Waals surface area contributed by atoms with Gasteiger partial charge in [0.1, 0.15) is 0 Å². The van der Waals surface area contributed by atoms with Crippen LogP contribution in [0.15, 0.2) is 33.9 Å².